The molecule has 3 saturated heterocycles. The summed E-state index contributed by atoms with van der Waals surface area (Å²) in [6.07, 6.45) is 0.224. The van der Waals surface area contributed by atoms with Crippen molar-refractivity contribution in [1.82, 2.24) is 20.0 Å². The zero-order chi connectivity index (χ0) is 40.8. The number of carbonyl (C=O) groups is 4. The molecule has 0 bridgehead atoms. The minimum absolute atomic E-state index is 0.0897. The number of fused-ring (bicyclic) bond motifs is 2. The molecule has 0 spiro atoms. The highest BCUT2D eigenvalue weighted by Crippen LogP contribution is 2.47. The van der Waals surface area contributed by atoms with E-state index < -0.39 is 36.8 Å². The van der Waals surface area contributed by atoms with E-state index in [2.05, 4.69) is 37.0 Å². The van der Waals surface area contributed by atoms with E-state index in [-0.39, 0.29) is 18.6 Å². The molecule has 4 amide bonds. The molecule has 5 aromatic rings. The molecule has 0 radical (unpaired) electrons. The van der Waals surface area contributed by atoms with Crippen molar-refractivity contribution in [2.45, 2.75) is 18.9 Å². The number of rotatable bonds is 10. The molecule has 4 N–H and O–H groups in total. The van der Waals surface area contributed by atoms with Gasteiger partial charge in [0.25, 0.3) is 11.8 Å². The van der Waals surface area contributed by atoms with Crippen LogP contribution in [0.4, 0.5) is 11.4 Å². The molecule has 9 rings (SSSR count). The number of ether oxygens (including phenoxy) is 1. The number of anilines is 2. The van der Waals surface area contributed by atoms with Crippen molar-refractivity contribution in [3.05, 3.63) is 96.1 Å². The number of thiophene rings is 1. The van der Waals surface area contributed by atoms with Gasteiger partial charge in [0, 0.05) is 93.3 Å². The van der Waals surface area contributed by atoms with Crippen LogP contribution in [0, 0.1) is 0 Å². The van der Waals surface area contributed by atoms with Crippen molar-refractivity contribution in [1.29, 1.82) is 0 Å². The van der Waals surface area contributed by atoms with Crippen LogP contribution in [0.1, 0.15) is 33.6 Å². The van der Waals surface area contributed by atoms with Crippen LogP contribution in [0.3, 0.4) is 0 Å². The molecule has 0 aliphatic carbocycles. The van der Waals surface area contributed by atoms with E-state index >= 15 is 0 Å². The number of hydrogen-bond acceptors (Lipinski definition) is 13. The molecule has 59 heavy (non-hydrogen) atoms. The minimum Gasteiger partial charge on any atom is -0.508 e. The Bertz CT molecular complexity index is 2430. The number of piperidine rings is 1. The van der Waals surface area contributed by atoms with E-state index in [1.807, 2.05) is 36.4 Å². The second-order valence-electron chi connectivity index (χ2n) is 15.4. The maximum absolute atomic E-state index is 13.3. The monoisotopic (exact) mass is 814 g/mol. The Morgan fingerprint density at radius 2 is 1.34 bits per heavy atom. The molecule has 4 aliphatic rings. The van der Waals surface area contributed by atoms with E-state index in [0.717, 1.165) is 102 Å². The van der Waals surface area contributed by atoms with Crippen LogP contribution < -0.4 is 25.3 Å². The topological polar surface area (TPSA) is 166 Å². The second-order valence-corrected chi connectivity index (χ2v) is 16.4. The lowest BCUT2D eigenvalue weighted by Crippen LogP contribution is -2.54. The molecule has 1 atom stereocenters. The average Bonchev–Trinajstić information content (AvgIpc) is 3.72. The smallest absolute Gasteiger partial charge is 0.488 e. The van der Waals surface area contributed by atoms with Gasteiger partial charge in [0.2, 0.25) is 11.8 Å². The maximum Gasteiger partial charge on any atom is 0.488 e. The van der Waals surface area contributed by atoms with Gasteiger partial charge in [0.1, 0.15) is 17.5 Å². The van der Waals surface area contributed by atoms with Crippen molar-refractivity contribution in [3.8, 4) is 27.7 Å². The zero-order valence-corrected chi connectivity index (χ0v) is 33.1. The average molecular weight is 815 g/mol. The number of carbonyl (C=O) groups excluding carboxylic acids is 4. The summed E-state index contributed by atoms with van der Waals surface area (Å²) < 4.78 is 7.40. The Labute approximate surface area is 344 Å². The molecule has 1 unspecified atom stereocenters. The van der Waals surface area contributed by atoms with Gasteiger partial charge in [-0.15, -0.1) is 11.3 Å². The number of piperazine rings is 2. The Morgan fingerprint density at radius 1 is 0.712 bits per heavy atom. The number of benzene rings is 4. The number of nitrogens with one attached hydrogen (secondary N) is 1. The Hall–Kier alpha value is -5.78. The summed E-state index contributed by atoms with van der Waals surface area (Å²) in [5.74, 6) is -0.429. The van der Waals surface area contributed by atoms with Crippen molar-refractivity contribution in [2.24, 2.45) is 0 Å². The molecule has 302 valence electrons. The fraction of sp³-hybridized carbons (Fsp3) is 0.302. The first kappa shape index (κ1) is 38.7. The van der Waals surface area contributed by atoms with Crippen LogP contribution in [0.5, 0.6) is 17.2 Å². The van der Waals surface area contributed by atoms with Gasteiger partial charge in [-0.3, -0.25) is 39.2 Å². The lowest BCUT2D eigenvalue weighted by Gasteiger charge is -2.39. The number of phenolic OH excluding ortho intramolecular Hbond substituents is 1. The quantitative estimate of drug-likeness (QED) is 0.121. The van der Waals surface area contributed by atoms with Crippen LogP contribution in [-0.2, 0) is 9.59 Å². The van der Waals surface area contributed by atoms with E-state index in [4.69, 9.17) is 4.74 Å². The molecule has 16 heteroatoms. The van der Waals surface area contributed by atoms with Crippen LogP contribution in [0.25, 0.3) is 20.5 Å². The molecule has 3 fully saturated rings. The summed E-state index contributed by atoms with van der Waals surface area (Å²) in [5.41, 5.74) is 3.88. The van der Waals surface area contributed by atoms with Crippen LogP contribution in [0.15, 0.2) is 84.9 Å². The van der Waals surface area contributed by atoms with Gasteiger partial charge in [-0.1, -0.05) is 24.3 Å². The summed E-state index contributed by atoms with van der Waals surface area (Å²) in [7, 11) is -1.55. The first-order valence-electron chi connectivity index (χ1n) is 19.9. The normalized spacial score (nSPS) is 19.1. The van der Waals surface area contributed by atoms with Crippen molar-refractivity contribution >= 4 is 69.0 Å². The number of aromatic hydroxyl groups is 1. The standard InChI is InChI=1S/C43H43BN6O8S/c51-31-8-12-34-37(26-31)59-40(27-1-3-28(4-2-27)44(56)57)39(34)58-32-9-5-29(6-10-32)48-21-17-46(18-22-48)15-16-47-19-23-49(24-20-47)30-7-11-33-35(25-30)43(55)50(42(33)54)36-13-14-38(52)45-41(36)53/h1-12,25-26,36,51,56-57H,13-24H2,(H,45,52,53). The van der Waals surface area contributed by atoms with Gasteiger partial charge in [-0.25, -0.2) is 0 Å². The van der Waals surface area contributed by atoms with E-state index in [1.165, 1.54) is 11.3 Å². The van der Waals surface area contributed by atoms with Gasteiger partial charge in [-0.2, -0.15) is 0 Å². The van der Waals surface area contributed by atoms with Crippen molar-refractivity contribution in [2.75, 3.05) is 75.2 Å². The third-order valence-corrected chi connectivity index (χ3v) is 13.0. The first-order chi connectivity index (χ1) is 28.6. The molecular formula is C43H43BN6O8S. The largest absolute Gasteiger partial charge is 0.508 e. The Balaban J connectivity index is 0.757. The molecule has 5 heterocycles. The maximum atomic E-state index is 13.3. The summed E-state index contributed by atoms with van der Waals surface area (Å²) >= 11 is 1.50. The molecule has 4 aliphatic heterocycles. The summed E-state index contributed by atoms with van der Waals surface area (Å²) in [4.78, 5) is 62.0. The second kappa shape index (κ2) is 16.1. The Kier molecular flexibility index (Phi) is 10.6. The van der Waals surface area contributed by atoms with Gasteiger partial charge in [0.05, 0.1) is 16.0 Å². The van der Waals surface area contributed by atoms with Gasteiger partial charge in [-0.05, 0) is 78.1 Å². The van der Waals surface area contributed by atoms with E-state index in [9.17, 15) is 34.3 Å². The first-order valence-corrected chi connectivity index (χ1v) is 20.7. The predicted molar refractivity (Wildman–Crippen MR) is 226 cm³/mol. The fourth-order valence-corrected chi connectivity index (χ4v) is 9.57. The molecular weight excluding hydrogens is 771 g/mol. The Morgan fingerprint density at radius 3 is 1.98 bits per heavy atom. The fourth-order valence-electron chi connectivity index (χ4n) is 8.40. The third-order valence-electron chi connectivity index (χ3n) is 11.8. The number of phenols is 1. The summed E-state index contributed by atoms with van der Waals surface area (Å²) in [6.45, 7) is 9.03. The number of amides is 4. The van der Waals surface area contributed by atoms with Crippen molar-refractivity contribution < 1.29 is 39.1 Å². The lowest BCUT2D eigenvalue weighted by atomic mass is 9.80. The van der Waals surface area contributed by atoms with Crippen LogP contribution >= 0.6 is 11.3 Å². The molecule has 1 aromatic heterocycles. The minimum atomic E-state index is -1.55. The van der Waals surface area contributed by atoms with E-state index in [1.54, 1.807) is 36.4 Å². The molecule has 4 aromatic carbocycles. The number of hydrogen-bond donors (Lipinski definition) is 4. The third kappa shape index (κ3) is 7.77. The van der Waals surface area contributed by atoms with Crippen LogP contribution in [0.2, 0.25) is 0 Å². The summed E-state index contributed by atoms with van der Waals surface area (Å²) in [6, 6.07) is 24.7. The van der Waals surface area contributed by atoms with Crippen LogP contribution in [-0.4, -0.2) is 132 Å². The summed E-state index contributed by atoms with van der Waals surface area (Å²) in [5, 5.41) is 32.4. The van der Waals surface area contributed by atoms with Gasteiger partial charge < -0.3 is 29.7 Å². The highest BCUT2D eigenvalue weighted by molar-refractivity contribution is 7.22. The highest BCUT2D eigenvalue weighted by Gasteiger charge is 2.45. The number of imide groups is 2. The lowest BCUT2D eigenvalue weighted by molar-refractivity contribution is -0.136. The molecule has 14 nitrogen and oxygen atoms in total. The van der Waals surface area contributed by atoms with Gasteiger partial charge in [0.15, 0.2) is 5.75 Å². The van der Waals surface area contributed by atoms with E-state index in [0.29, 0.717) is 28.1 Å². The predicted octanol–water partition coefficient (Wildman–Crippen LogP) is 3.09. The van der Waals surface area contributed by atoms with Gasteiger partial charge >= 0.3 is 7.12 Å². The SMILES string of the molecule is O=C1CCC(N2C(=O)c3ccc(N4CCN(CCN5CCN(c6ccc(Oc7c(-c8ccc(B(O)O)cc8)sc8cc(O)ccc78)cc6)CC5)CC4)cc3C2=O)C(=O)N1. The number of nitrogens with zero attached hydrogens (tertiary/aromatic N) is 5. The molecule has 0 saturated carbocycles. The zero-order valence-electron chi connectivity index (χ0n) is 32.3. The highest BCUT2D eigenvalue weighted by atomic mass is 32.1. The van der Waals surface area contributed by atoms with Crippen molar-refractivity contribution in [3.63, 3.8) is 0 Å².